The predicted molar refractivity (Wildman–Crippen MR) is 67.4 cm³/mol. The molecule has 1 aromatic rings. The molecule has 96 valence electrons. The molecule has 0 saturated carbocycles. The molecule has 0 radical (unpaired) electrons. The van der Waals surface area contributed by atoms with Gasteiger partial charge in [0.2, 0.25) is 0 Å². The molecule has 1 aliphatic heterocycles. The number of nitrogens with one attached hydrogen (secondary N) is 1. The van der Waals surface area contributed by atoms with E-state index >= 15 is 0 Å². The van der Waals surface area contributed by atoms with E-state index in [0.29, 0.717) is 0 Å². The second-order valence-electron chi connectivity index (χ2n) is 3.77. The Bertz CT molecular complexity index is 458. The van der Waals surface area contributed by atoms with Gasteiger partial charge in [0.05, 0.1) is 5.75 Å². The van der Waals surface area contributed by atoms with Crippen LogP contribution >= 0.6 is 24.0 Å². The number of aromatic nitrogens is 2. The van der Waals surface area contributed by atoms with E-state index in [1.165, 1.54) is 12.1 Å². The van der Waals surface area contributed by atoms with Gasteiger partial charge in [0.1, 0.15) is 0 Å². The van der Waals surface area contributed by atoms with E-state index in [1.807, 2.05) is 0 Å². The van der Waals surface area contributed by atoms with E-state index in [0.717, 1.165) is 19.4 Å². The van der Waals surface area contributed by atoms with Crippen LogP contribution in [0.25, 0.3) is 0 Å². The molecule has 0 amide bonds. The molecule has 1 fully saturated rings. The Morgan fingerprint density at radius 1 is 1.41 bits per heavy atom. The lowest BCUT2D eigenvalue weighted by molar-refractivity contribution is 0.571. The standard InChI is InChI=1S/C9H12ClN3O2S.ClH/c10-8-3-4-9(13-12-8)16(14,15)6-7-2-1-5-11-7;/h3-4,7,11H,1-2,5-6H2;1H. The Labute approximate surface area is 111 Å². The topological polar surface area (TPSA) is 72.0 Å². The minimum absolute atomic E-state index is 0. The summed E-state index contributed by atoms with van der Waals surface area (Å²) in [5.41, 5.74) is 0. The molecule has 1 unspecified atom stereocenters. The SMILES string of the molecule is Cl.O=S(=O)(CC1CCCN1)c1ccc(Cl)nn1. The van der Waals surface area contributed by atoms with Gasteiger partial charge in [0.25, 0.3) is 0 Å². The number of nitrogens with zero attached hydrogens (tertiary/aromatic N) is 2. The van der Waals surface area contributed by atoms with Crippen molar-refractivity contribution in [2.24, 2.45) is 0 Å². The molecule has 2 rings (SSSR count). The molecule has 1 aromatic heterocycles. The van der Waals surface area contributed by atoms with Crippen LogP contribution in [0.15, 0.2) is 17.2 Å². The van der Waals surface area contributed by atoms with Gasteiger partial charge >= 0.3 is 0 Å². The molecule has 0 bridgehead atoms. The molecular weight excluding hydrogens is 285 g/mol. The summed E-state index contributed by atoms with van der Waals surface area (Å²) in [4.78, 5) is 0. The average molecular weight is 298 g/mol. The molecule has 17 heavy (non-hydrogen) atoms. The highest BCUT2D eigenvalue weighted by Crippen LogP contribution is 2.14. The van der Waals surface area contributed by atoms with E-state index in [-0.39, 0.29) is 34.4 Å². The van der Waals surface area contributed by atoms with Gasteiger partial charge in [-0.2, -0.15) is 0 Å². The minimum atomic E-state index is -3.36. The van der Waals surface area contributed by atoms with Crippen LogP contribution in [0.3, 0.4) is 0 Å². The summed E-state index contributed by atoms with van der Waals surface area (Å²) in [6.07, 6.45) is 1.91. The summed E-state index contributed by atoms with van der Waals surface area (Å²) >= 11 is 5.55. The molecule has 5 nitrogen and oxygen atoms in total. The third kappa shape index (κ3) is 3.77. The van der Waals surface area contributed by atoms with Gasteiger partial charge in [-0.1, -0.05) is 11.6 Å². The first-order chi connectivity index (χ1) is 7.58. The predicted octanol–water partition coefficient (Wildman–Crippen LogP) is 1.08. The van der Waals surface area contributed by atoms with Crippen molar-refractivity contribution >= 4 is 33.8 Å². The van der Waals surface area contributed by atoms with E-state index in [9.17, 15) is 8.42 Å². The Kier molecular flexibility index (Phi) is 5.12. The van der Waals surface area contributed by atoms with Crippen LogP contribution in [-0.2, 0) is 9.84 Å². The van der Waals surface area contributed by atoms with Gasteiger partial charge in [-0.15, -0.1) is 22.6 Å². The lowest BCUT2D eigenvalue weighted by atomic mass is 10.3. The molecule has 8 heteroatoms. The van der Waals surface area contributed by atoms with Crippen LogP contribution in [0.4, 0.5) is 0 Å². The number of sulfone groups is 1. The number of halogens is 2. The molecule has 1 aliphatic rings. The summed E-state index contributed by atoms with van der Waals surface area (Å²) in [6.45, 7) is 0.881. The number of rotatable bonds is 3. The highest BCUT2D eigenvalue weighted by molar-refractivity contribution is 7.91. The zero-order valence-electron chi connectivity index (χ0n) is 8.97. The van der Waals surface area contributed by atoms with Crippen molar-refractivity contribution in [2.75, 3.05) is 12.3 Å². The normalized spacial score (nSPS) is 19.9. The Morgan fingerprint density at radius 3 is 2.71 bits per heavy atom. The Hall–Kier alpha value is -0.430. The van der Waals surface area contributed by atoms with Crippen LogP contribution < -0.4 is 5.32 Å². The maximum absolute atomic E-state index is 11.9. The van der Waals surface area contributed by atoms with Crippen LogP contribution in [0.5, 0.6) is 0 Å². The van der Waals surface area contributed by atoms with E-state index in [1.54, 1.807) is 0 Å². The van der Waals surface area contributed by atoms with Crippen molar-refractivity contribution in [3.05, 3.63) is 17.3 Å². The monoisotopic (exact) mass is 297 g/mol. The van der Waals surface area contributed by atoms with Gasteiger partial charge < -0.3 is 5.32 Å². The summed E-state index contributed by atoms with van der Waals surface area (Å²) < 4.78 is 23.8. The zero-order chi connectivity index (χ0) is 11.6. The lowest BCUT2D eigenvalue weighted by Gasteiger charge is -2.09. The first-order valence-corrected chi connectivity index (χ1v) is 7.06. The second-order valence-corrected chi connectivity index (χ2v) is 6.14. The summed E-state index contributed by atoms with van der Waals surface area (Å²) in [7, 11) is -3.36. The first-order valence-electron chi connectivity index (χ1n) is 5.03. The van der Waals surface area contributed by atoms with E-state index in [4.69, 9.17) is 11.6 Å². The third-order valence-corrected chi connectivity index (χ3v) is 4.41. The Morgan fingerprint density at radius 2 is 2.18 bits per heavy atom. The summed E-state index contributed by atoms with van der Waals surface area (Å²) in [6, 6.07) is 2.85. The smallest absolute Gasteiger partial charge is 0.198 e. The quantitative estimate of drug-likeness (QED) is 0.904. The van der Waals surface area contributed by atoms with E-state index in [2.05, 4.69) is 15.5 Å². The molecule has 1 atom stereocenters. The van der Waals surface area contributed by atoms with Crippen molar-refractivity contribution in [3.8, 4) is 0 Å². The molecule has 1 saturated heterocycles. The molecule has 2 heterocycles. The van der Waals surface area contributed by atoms with Crippen LogP contribution in [0.2, 0.25) is 5.15 Å². The lowest BCUT2D eigenvalue weighted by Crippen LogP contribution is -2.30. The van der Waals surface area contributed by atoms with Gasteiger partial charge in [0, 0.05) is 6.04 Å². The van der Waals surface area contributed by atoms with Crippen molar-refractivity contribution in [2.45, 2.75) is 23.9 Å². The van der Waals surface area contributed by atoms with Crippen LogP contribution in [0.1, 0.15) is 12.8 Å². The van der Waals surface area contributed by atoms with Gasteiger partial charge in [0.15, 0.2) is 20.0 Å². The zero-order valence-corrected chi connectivity index (χ0v) is 11.4. The third-order valence-electron chi connectivity index (χ3n) is 2.51. The fraction of sp³-hybridized carbons (Fsp3) is 0.556. The molecule has 0 aliphatic carbocycles. The molecule has 1 N–H and O–H groups in total. The average Bonchev–Trinajstić information content (AvgIpc) is 2.70. The highest BCUT2D eigenvalue weighted by atomic mass is 35.5. The fourth-order valence-electron chi connectivity index (χ4n) is 1.72. The second kappa shape index (κ2) is 5.95. The highest BCUT2D eigenvalue weighted by Gasteiger charge is 2.24. The molecular formula is C9H13Cl2N3O2S. The maximum Gasteiger partial charge on any atom is 0.198 e. The summed E-state index contributed by atoms with van der Waals surface area (Å²) in [5, 5.41) is 10.5. The van der Waals surface area contributed by atoms with Gasteiger partial charge in [-0.3, -0.25) is 0 Å². The molecule has 0 aromatic carbocycles. The van der Waals surface area contributed by atoms with Gasteiger partial charge in [-0.25, -0.2) is 8.42 Å². The molecule has 0 spiro atoms. The van der Waals surface area contributed by atoms with Crippen molar-refractivity contribution < 1.29 is 8.42 Å². The van der Waals surface area contributed by atoms with Crippen molar-refractivity contribution in [3.63, 3.8) is 0 Å². The maximum atomic E-state index is 11.9. The van der Waals surface area contributed by atoms with Crippen molar-refractivity contribution in [1.29, 1.82) is 0 Å². The largest absolute Gasteiger partial charge is 0.313 e. The van der Waals surface area contributed by atoms with Gasteiger partial charge in [-0.05, 0) is 31.5 Å². The van der Waals surface area contributed by atoms with Crippen LogP contribution in [-0.4, -0.2) is 37.0 Å². The Balaban J connectivity index is 0.00000144. The minimum Gasteiger partial charge on any atom is -0.313 e. The van der Waals surface area contributed by atoms with E-state index < -0.39 is 9.84 Å². The number of hydrogen-bond acceptors (Lipinski definition) is 5. The van der Waals surface area contributed by atoms with Crippen LogP contribution in [0, 0.1) is 0 Å². The first kappa shape index (κ1) is 14.6. The summed E-state index contributed by atoms with van der Waals surface area (Å²) in [5.74, 6) is 0.0727. The fourth-order valence-corrected chi connectivity index (χ4v) is 3.25. The number of hydrogen-bond donors (Lipinski definition) is 1. The van der Waals surface area contributed by atoms with Crippen molar-refractivity contribution in [1.82, 2.24) is 15.5 Å².